The van der Waals surface area contributed by atoms with Crippen LogP contribution in [0, 0.1) is 25.7 Å². The number of nitrogens with one attached hydrogen (secondary N) is 2. The standard InChI is InChI=1S/C22H26N2O2/c1-13(2)16-6-8-17(9-7-16)23-21(25)18-12-19(18)22(26)24-20-10-5-14(3)11-15(20)4/h5-11,13,18-19H,12H2,1-4H3,(H,23,25)(H,24,26). The van der Waals surface area contributed by atoms with E-state index in [1.54, 1.807) is 0 Å². The van der Waals surface area contributed by atoms with Crippen molar-refractivity contribution in [3.05, 3.63) is 59.2 Å². The lowest BCUT2D eigenvalue weighted by atomic mass is 10.0. The summed E-state index contributed by atoms with van der Waals surface area (Å²) in [4.78, 5) is 24.8. The number of hydrogen-bond acceptors (Lipinski definition) is 2. The Morgan fingerprint density at radius 1 is 0.923 bits per heavy atom. The van der Waals surface area contributed by atoms with Crippen LogP contribution in [0.15, 0.2) is 42.5 Å². The average Bonchev–Trinajstić information content (AvgIpc) is 3.39. The number of carbonyl (C=O) groups excluding carboxylic acids is 2. The zero-order valence-electron chi connectivity index (χ0n) is 15.8. The highest BCUT2D eigenvalue weighted by molar-refractivity contribution is 6.03. The Morgan fingerprint density at radius 3 is 2.12 bits per heavy atom. The van der Waals surface area contributed by atoms with Crippen molar-refractivity contribution < 1.29 is 9.59 Å². The maximum Gasteiger partial charge on any atom is 0.228 e. The topological polar surface area (TPSA) is 58.2 Å². The lowest BCUT2D eigenvalue weighted by Crippen LogP contribution is -2.20. The van der Waals surface area contributed by atoms with Gasteiger partial charge in [-0.3, -0.25) is 9.59 Å². The summed E-state index contributed by atoms with van der Waals surface area (Å²) in [7, 11) is 0. The van der Waals surface area contributed by atoms with Gasteiger partial charge in [-0.1, -0.05) is 43.7 Å². The zero-order valence-corrected chi connectivity index (χ0v) is 15.8. The Labute approximate surface area is 155 Å². The van der Waals surface area contributed by atoms with Crippen molar-refractivity contribution in [2.24, 2.45) is 11.8 Å². The molecule has 3 rings (SSSR count). The number of hydrogen-bond donors (Lipinski definition) is 2. The van der Waals surface area contributed by atoms with Crippen LogP contribution in [-0.2, 0) is 9.59 Å². The molecule has 1 saturated carbocycles. The number of rotatable bonds is 5. The Morgan fingerprint density at radius 2 is 1.54 bits per heavy atom. The van der Waals surface area contributed by atoms with Crippen molar-refractivity contribution in [1.82, 2.24) is 0 Å². The molecule has 0 radical (unpaired) electrons. The fourth-order valence-electron chi connectivity index (χ4n) is 3.14. The predicted molar refractivity (Wildman–Crippen MR) is 105 cm³/mol. The van der Waals surface area contributed by atoms with Crippen LogP contribution in [0.3, 0.4) is 0 Å². The molecule has 0 heterocycles. The molecule has 2 unspecified atom stereocenters. The highest BCUT2D eigenvalue weighted by atomic mass is 16.2. The molecule has 26 heavy (non-hydrogen) atoms. The lowest BCUT2D eigenvalue weighted by Gasteiger charge is -2.10. The molecule has 0 aliphatic heterocycles. The average molecular weight is 350 g/mol. The summed E-state index contributed by atoms with van der Waals surface area (Å²) < 4.78 is 0. The van der Waals surface area contributed by atoms with Gasteiger partial charge in [-0.2, -0.15) is 0 Å². The van der Waals surface area contributed by atoms with Crippen LogP contribution in [0.5, 0.6) is 0 Å². The van der Waals surface area contributed by atoms with Crippen LogP contribution in [0.2, 0.25) is 0 Å². The molecule has 0 aromatic heterocycles. The van der Waals surface area contributed by atoms with Gasteiger partial charge < -0.3 is 10.6 Å². The minimum Gasteiger partial charge on any atom is -0.326 e. The van der Waals surface area contributed by atoms with Crippen LogP contribution in [0.1, 0.15) is 42.9 Å². The maximum absolute atomic E-state index is 12.4. The summed E-state index contributed by atoms with van der Waals surface area (Å²) in [5, 5.41) is 5.87. The first-order valence-corrected chi connectivity index (χ1v) is 9.14. The van der Waals surface area contributed by atoms with Gasteiger partial charge in [0, 0.05) is 11.4 Å². The fourth-order valence-corrected chi connectivity index (χ4v) is 3.14. The largest absolute Gasteiger partial charge is 0.326 e. The highest BCUT2D eigenvalue weighted by Gasteiger charge is 2.48. The van der Waals surface area contributed by atoms with Gasteiger partial charge in [0.15, 0.2) is 0 Å². The molecule has 0 spiro atoms. The quantitative estimate of drug-likeness (QED) is 0.825. The summed E-state index contributed by atoms with van der Waals surface area (Å²) in [6, 6.07) is 13.8. The number of amides is 2. The van der Waals surface area contributed by atoms with Crippen molar-refractivity contribution in [3.63, 3.8) is 0 Å². The number of anilines is 2. The smallest absolute Gasteiger partial charge is 0.228 e. The van der Waals surface area contributed by atoms with E-state index in [0.29, 0.717) is 12.3 Å². The molecule has 2 aromatic carbocycles. The van der Waals surface area contributed by atoms with E-state index < -0.39 is 0 Å². The van der Waals surface area contributed by atoms with E-state index in [9.17, 15) is 9.59 Å². The molecule has 2 N–H and O–H groups in total. The van der Waals surface area contributed by atoms with Gasteiger partial charge in [-0.15, -0.1) is 0 Å². The first-order chi connectivity index (χ1) is 12.3. The van der Waals surface area contributed by atoms with E-state index in [1.165, 1.54) is 5.56 Å². The Balaban J connectivity index is 1.55. The molecular weight excluding hydrogens is 324 g/mol. The van der Waals surface area contributed by atoms with Gasteiger partial charge in [0.2, 0.25) is 11.8 Å². The summed E-state index contributed by atoms with van der Waals surface area (Å²) in [6.07, 6.45) is 0.604. The zero-order chi connectivity index (χ0) is 18.8. The van der Waals surface area contributed by atoms with Crippen molar-refractivity contribution in [2.45, 2.75) is 40.0 Å². The third-order valence-corrected chi connectivity index (χ3v) is 4.95. The highest BCUT2D eigenvalue weighted by Crippen LogP contribution is 2.40. The van der Waals surface area contributed by atoms with E-state index in [0.717, 1.165) is 22.5 Å². The van der Waals surface area contributed by atoms with Crippen molar-refractivity contribution in [3.8, 4) is 0 Å². The molecular formula is C22H26N2O2. The monoisotopic (exact) mass is 350 g/mol. The number of aryl methyl sites for hydroxylation is 2. The van der Waals surface area contributed by atoms with Crippen LogP contribution in [-0.4, -0.2) is 11.8 Å². The fraction of sp³-hybridized carbons (Fsp3) is 0.364. The van der Waals surface area contributed by atoms with Gasteiger partial charge in [0.05, 0.1) is 11.8 Å². The van der Waals surface area contributed by atoms with Gasteiger partial charge in [-0.25, -0.2) is 0 Å². The molecule has 0 saturated heterocycles. The molecule has 2 atom stereocenters. The summed E-state index contributed by atoms with van der Waals surface area (Å²) >= 11 is 0. The third kappa shape index (κ3) is 4.13. The van der Waals surface area contributed by atoms with E-state index in [1.807, 2.05) is 56.3 Å². The van der Waals surface area contributed by atoms with Crippen LogP contribution >= 0.6 is 0 Å². The minimum absolute atomic E-state index is 0.0766. The van der Waals surface area contributed by atoms with E-state index in [4.69, 9.17) is 0 Å². The first-order valence-electron chi connectivity index (χ1n) is 9.14. The minimum atomic E-state index is -0.245. The second-order valence-electron chi connectivity index (χ2n) is 7.52. The van der Waals surface area contributed by atoms with E-state index >= 15 is 0 Å². The van der Waals surface area contributed by atoms with Gasteiger partial charge in [0.1, 0.15) is 0 Å². The molecule has 4 nitrogen and oxygen atoms in total. The van der Waals surface area contributed by atoms with Crippen molar-refractivity contribution >= 4 is 23.2 Å². The maximum atomic E-state index is 12.4. The molecule has 1 aliphatic rings. The summed E-state index contributed by atoms with van der Waals surface area (Å²) in [5.41, 5.74) is 5.02. The van der Waals surface area contributed by atoms with Crippen molar-refractivity contribution in [2.75, 3.05) is 10.6 Å². The lowest BCUT2D eigenvalue weighted by molar-refractivity contribution is -0.122. The predicted octanol–water partition coefficient (Wildman–Crippen LogP) is 4.64. The molecule has 1 fully saturated rings. The summed E-state index contributed by atoms with van der Waals surface area (Å²) in [5.74, 6) is -0.187. The normalized spacial score (nSPS) is 18.5. The first kappa shape index (κ1) is 18.2. The third-order valence-electron chi connectivity index (χ3n) is 4.95. The Hall–Kier alpha value is -2.62. The summed E-state index contributed by atoms with van der Waals surface area (Å²) in [6.45, 7) is 8.27. The van der Waals surface area contributed by atoms with E-state index in [2.05, 4.69) is 24.5 Å². The SMILES string of the molecule is Cc1ccc(NC(=O)C2CC2C(=O)Nc2ccc(C(C)C)cc2)c(C)c1. The Bertz CT molecular complexity index is 825. The number of carbonyl (C=O) groups is 2. The van der Waals surface area contributed by atoms with Crippen LogP contribution in [0.4, 0.5) is 11.4 Å². The number of benzene rings is 2. The molecule has 2 amide bonds. The van der Waals surface area contributed by atoms with Crippen molar-refractivity contribution in [1.29, 1.82) is 0 Å². The van der Waals surface area contributed by atoms with Crippen LogP contribution in [0.25, 0.3) is 0 Å². The Kier molecular flexibility index (Phi) is 5.12. The van der Waals surface area contributed by atoms with Gasteiger partial charge >= 0.3 is 0 Å². The molecule has 136 valence electrons. The van der Waals surface area contributed by atoms with Gasteiger partial charge in [-0.05, 0) is 55.5 Å². The van der Waals surface area contributed by atoms with Crippen LogP contribution < -0.4 is 10.6 Å². The van der Waals surface area contributed by atoms with E-state index in [-0.39, 0.29) is 23.7 Å². The molecule has 4 heteroatoms. The molecule has 2 aromatic rings. The molecule has 1 aliphatic carbocycles. The molecule has 0 bridgehead atoms. The second kappa shape index (κ2) is 7.32. The second-order valence-corrected chi connectivity index (χ2v) is 7.52. The van der Waals surface area contributed by atoms with Gasteiger partial charge in [0.25, 0.3) is 0 Å².